The van der Waals surface area contributed by atoms with Crippen molar-refractivity contribution in [3.05, 3.63) is 92.0 Å². The molecule has 2 saturated heterocycles. The molecule has 2 fully saturated rings. The first-order valence-corrected chi connectivity index (χ1v) is 16.4. The summed E-state index contributed by atoms with van der Waals surface area (Å²) < 4.78 is 5.54. The van der Waals surface area contributed by atoms with Crippen LogP contribution in [0.15, 0.2) is 75.8 Å². The second-order valence-corrected chi connectivity index (χ2v) is 13.7. The smallest absolute Gasteiger partial charge is 0.233 e. The lowest BCUT2D eigenvalue weighted by Crippen LogP contribution is -2.47. The number of carbonyl (C=O) groups excluding carboxylic acids is 4. The lowest BCUT2D eigenvalue weighted by Gasteiger charge is -2.42. The van der Waals surface area contributed by atoms with E-state index in [0.29, 0.717) is 36.0 Å². The molecule has 3 aliphatic carbocycles. The summed E-state index contributed by atoms with van der Waals surface area (Å²) in [5, 5.41) is 10.5. The van der Waals surface area contributed by atoms with Gasteiger partial charge in [-0.25, -0.2) is 0 Å². The Hall–Kier alpha value is -3.53. The van der Waals surface area contributed by atoms with Crippen LogP contribution in [0, 0.1) is 17.8 Å². The van der Waals surface area contributed by atoms with Gasteiger partial charge in [-0.2, -0.15) is 0 Å². The van der Waals surface area contributed by atoms with E-state index < -0.39 is 23.7 Å². The van der Waals surface area contributed by atoms with Gasteiger partial charge < -0.3 is 9.84 Å². The number of phenols is 1. The van der Waals surface area contributed by atoms with E-state index in [1.54, 1.807) is 12.1 Å². The number of likely N-dealkylation sites (tertiary alicyclic amines) is 2. The summed E-state index contributed by atoms with van der Waals surface area (Å²) in [6.45, 7) is 2.41. The third kappa shape index (κ3) is 5.00. The standard InChI is InChI=1S/C35H32BrClN2O6/c1-45-28-14-19(13-26(37)33(28)42)29-21-7-8-22-30(23(21)15-24-31(29)27(40)16-25(36)32(24)41)35(44)39(34(22)43)20-9-11-38(12-10-20)17-18-5-3-2-4-6-18/h2-7,13-14,16,20,22-23,29-30,42H,8-12,15,17H2,1H3/t22-,23+,29-,30-/m0/s1. The number of allylic oxidation sites excluding steroid dienone is 6. The molecular formula is C35H32BrClN2O6. The normalized spacial score (nSPS) is 27.2. The molecule has 2 aromatic rings. The minimum absolute atomic E-state index is 0.0473. The van der Waals surface area contributed by atoms with Gasteiger partial charge in [-0.3, -0.25) is 29.0 Å². The Morgan fingerprint density at radius 1 is 1.02 bits per heavy atom. The van der Waals surface area contributed by atoms with Gasteiger partial charge in [-0.05, 0) is 70.8 Å². The molecule has 0 bridgehead atoms. The number of hydrogen-bond acceptors (Lipinski definition) is 7. The molecular weight excluding hydrogens is 660 g/mol. The number of aromatic hydroxyl groups is 1. The highest BCUT2D eigenvalue weighted by Crippen LogP contribution is 2.56. The van der Waals surface area contributed by atoms with Gasteiger partial charge >= 0.3 is 0 Å². The van der Waals surface area contributed by atoms with Gasteiger partial charge in [0.05, 0.1) is 28.5 Å². The monoisotopic (exact) mass is 690 g/mol. The summed E-state index contributed by atoms with van der Waals surface area (Å²) >= 11 is 9.67. The Morgan fingerprint density at radius 3 is 2.47 bits per heavy atom. The SMILES string of the molecule is COc1cc([C@H]2C3=CC[C@@H]4C(=O)N(C5CCN(Cc6ccccc6)CC5)C(=O)[C@@H]4[C@@H]3CC3=C2C(=O)C=C(Br)C3=O)cc(Cl)c1O. The first-order chi connectivity index (χ1) is 21.7. The van der Waals surface area contributed by atoms with E-state index in [2.05, 4.69) is 33.0 Å². The van der Waals surface area contributed by atoms with Crippen LogP contribution in [0.4, 0.5) is 0 Å². The van der Waals surface area contributed by atoms with Crippen LogP contribution in [-0.2, 0) is 25.7 Å². The fourth-order valence-corrected chi connectivity index (χ4v) is 8.73. The Labute approximate surface area is 274 Å². The van der Waals surface area contributed by atoms with Crippen LogP contribution in [0.3, 0.4) is 0 Å². The number of benzene rings is 2. The molecule has 8 nitrogen and oxygen atoms in total. The van der Waals surface area contributed by atoms with Crippen molar-refractivity contribution in [3.8, 4) is 11.5 Å². The number of carbonyl (C=O) groups is 4. The highest BCUT2D eigenvalue weighted by atomic mass is 79.9. The molecule has 45 heavy (non-hydrogen) atoms. The lowest BCUT2D eigenvalue weighted by atomic mass is 9.59. The molecule has 2 heterocycles. The molecule has 232 valence electrons. The number of imide groups is 1. The maximum atomic E-state index is 14.3. The van der Waals surface area contributed by atoms with E-state index in [0.717, 1.165) is 25.2 Å². The second-order valence-electron chi connectivity index (χ2n) is 12.5. The highest BCUT2D eigenvalue weighted by molar-refractivity contribution is 9.12. The lowest BCUT2D eigenvalue weighted by molar-refractivity contribution is -0.144. The second kappa shape index (κ2) is 11.7. The topological polar surface area (TPSA) is 104 Å². The Morgan fingerprint density at radius 2 is 1.76 bits per heavy atom. The zero-order chi connectivity index (χ0) is 31.6. The number of piperidine rings is 1. The van der Waals surface area contributed by atoms with Crippen LogP contribution in [0.25, 0.3) is 0 Å². The Bertz CT molecular complexity index is 1720. The number of hydrogen-bond donors (Lipinski definition) is 1. The minimum atomic E-state index is -0.682. The molecule has 4 atom stereocenters. The molecule has 0 spiro atoms. The zero-order valence-corrected chi connectivity index (χ0v) is 27.0. The number of fused-ring (bicyclic) bond motifs is 3. The van der Waals surface area contributed by atoms with E-state index in [-0.39, 0.29) is 56.8 Å². The van der Waals surface area contributed by atoms with Gasteiger partial charge in [-0.15, -0.1) is 0 Å². The molecule has 2 amide bonds. The summed E-state index contributed by atoms with van der Waals surface area (Å²) in [7, 11) is 1.41. The molecule has 2 aliphatic heterocycles. The number of halogens is 2. The molecule has 2 aromatic carbocycles. The molecule has 0 unspecified atom stereocenters. The van der Waals surface area contributed by atoms with Crippen molar-refractivity contribution in [2.45, 2.75) is 44.2 Å². The number of ketones is 2. The van der Waals surface area contributed by atoms with Crippen LogP contribution >= 0.6 is 27.5 Å². The van der Waals surface area contributed by atoms with Crippen molar-refractivity contribution in [3.63, 3.8) is 0 Å². The molecule has 1 N–H and O–H groups in total. The number of methoxy groups -OCH3 is 1. The van der Waals surface area contributed by atoms with Gasteiger partial charge in [0.1, 0.15) is 0 Å². The maximum absolute atomic E-state index is 14.3. The fraction of sp³-hybridized carbons (Fsp3) is 0.371. The number of nitrogens with zero attached hydrogens (tertiary/aromatic N) is 2. The van der Waals surface area contributed by atoms with Crippen molar-refractivity contribution in [2.24, 2.45) is 17.8 Å². The molecule has 0 radical (unpaired) electrons. The van der Waals surface area contributed by atoms with Gasteiger partial charge in [0, 0.05) is 48.8 Å². The van der Waals surface area contributed by atoms with Crippen LogP contribution in [0.2, 0.25) is 5.02 Å². The third-order valence-corrected chi connectivity index (χ3v) is 11.0. The number of rotatable bonds is 5. The first-order valence-electron chi connectivity index (χ1n) is 15.3. The van der Waals surface area contributed by atoms with Gasteiger partial charge in [0.15, 0.2) is 23.1 Å². The largest absolute Gasteiger partial charge is 0.503 e. The number of ether oxygens (including phenoxy) is 1. The summed E-state index contributed by atoms with van der Waals surface area (Å²) in [6, 6.07) is 13.3. The average Bonchev–Trinajstić information content (AvgIpc) is 3.30. The number of Topliss-reactive ketones (excluding diaryl/α,β-unsaturated/α-hetero) is 1. The summed E-state index contributed by atoms with van der Waals surface area (Å²) in [6.07, 6.45) is 5.25. The van der Waals surface area contributed by atoms with Crippen LogP contribution in [0.1, 0.15) is 42.7 Å². The van der Waals surface area contributed by atoms with E-state index in [1.165, 1.54) is 23.6 Å². The third-order valence-electron chi connectivity index (χ3n) is 10.1. The van der Waals surface area contributed by atoms with Gasteiger partial charge in [-0.1, -0.05) is 53.6 Å². The number of phenolic OH excluding ortho intramolecular Hbond substituents is 1. The summed E-state index contributed by atoms with van der Waals surface area (Å²) in [5.74, 6) is -3.27. The Kier molecular flexibility index (Phi) is 7.82. The predicted molar refractivity (Wildman–Crippen MR) is 171 cm³/mol. The van der Waals surface area contributed by atoms with Crippen molar-refractivity contribution in [2.75, 3.05) is 20.2 Å². The van der Waals surface area contributed by atoms with E-state index in [9.17, 15) is 24.3 Å². The van der Waals surface area contributed by atoms with E-state index in [4.69, 9.17) is 16.3 Å². The Balaban J connectivity index is 1.21. The molecule has 10 heteroatoms. The van der Waals surface area contributed by atoms with Gasteiger partial charge in [0.25, 0.3) is 0 Å². The molecule has 7 rings (SSSR count). The first kappa shape index (κ1) is 30.1. The fourth-order valence-electron chi connectivity index (χ4n) is 8.06. The molecule has 0 aromatic heterocycles. The quantitative estimate of drug-likeness (QED) is 0.252. The van der Waals surface area contributed by atoms with Crippen molar-refractivity contribution < 1.29 is 29.0 Å². The van der Waals surface area contributed by atoms with Crippen molar-refractivity contribution in [1.82, 2.24) is 9.80 Å². The van der Waals surface area contributed by atoms with E-state index in [1.807, 2.05) is 24.3 Å². The van der Waals surface area contributed by atoms with E-state index >= 15 is 0 Å². The number of amides is 2. The van der Waals surface area contributed by atoms with Crippen LogP contribution in [0.5, 0.6) is 11.5 Å². The molecule has 5 aliphatic rings. The maximum Gasteiger partial charge on any atom is 0.233 e. The summed E-state index contributed by atoms with van der Waals surface area (Å²) in [5.41, 5.74) is 3.32. The minimum Gasteiger partial charge on any atom is -0.503 e. The van der Waals surface area contributed by atoms with Crippen molar-refractivity contribution >= 4 is 50.9 Å². The van der Waals surface area contributed by atoms with Crippen molar-refractivity contribution in [1.29, 1.82) is 0 Å². The highest BCUT2D eigenvalue weighted by Gasteiger charge is 2.57. The van der Waals surface area contributed by atoms with Crippen LogP contribution < -0.4 is 4.74 Å². The van der Waals surface area contributed by atoms with Gasteiger partial charge in [0.2, 0.25) is 11.8 Å². The molecule has 0 saturated carbocycles. The zero-order valence-electron chi connectivity index (χ0n) is 24.7. The average molecular weight is 692 g/mol. The van der Waals surface area contributed by atoms with Crippen LogP contribution in [-0.4, -0.2) is 64.5 Å². The summed E-state index contributed by atoms with van der Waals surface area (Å²) in [4.78, 5) is 59.1. The predicted octanol–water partition coefficient (Wildman–Crippen LogP) is 5.48.